The smallest absolute Gasteiger partial charge is 0.0737 e. The SMILES string of the molecule is Cc1ccccc1-c1c(-c2ccccc2C)c2c(-c3ccccc3C)c3nc(cc4ccc(cc5nc(cc1n2-c1ccccc1C)C=C5)[nH]4)C=C3. The van der Waals surface area contributed by atoms with Crippen molar-refractivity contribution in [2.24, 2.45) is 0 Å². The van der Waals surface area contributed by atoms with Crippen LogP contribution in [0.3, 0.4) is 0 Å². The van der Waals surface area contributed by atoms with Crippen LogP contribution < -0.4 is 0 Å². The molecule has 0 spiro atoms. The molecule has 9 rings (SSSR count). The van der Waals surface area contributed by atoms with Gasteiger partial charge >= 0.3 is 0 Å². The van der Waals surface area contributed by atoms with E-state index in [1.807, 2.05) is 0 Å². The number of aromatic amines is 1. The molecule has 8 bridgehead atoms. The Morgan fingerprint density at radius 1 is 0.442 bits per heavy atom. The molecule has 0 radical (unpaired) electrons. The van der Waals surface area contributed by atoms with Gasteiger partial charge < -0.3 is 9.55 Å². The predicted octanol–water partition coefficient (Wildman–Crippen LogP) is 12.4. The molecule has 0 saturated carbocycles. The largest absolute Gasteiger partial charge is 0.355 e. The summed E-state index contributed by atoms with van der Waals surface area (Å²) in [5.41, 5.74) is 20.6. The first-order valence-corrected chi connectivity index (χ1v) is 17.8. The van der Waals surface area contributed by atoms with Crippen LogP contribution in [0, 0.1) is 27.7 Å². The van der Waals surface area contributed by atoms with Crippen molar-refractivity contribution in [3.05, 3.63) is 172 Å². The fourth-order valence-electron chi connectivity index (χ4n) is 7.72. The van der Waals surface area contributed by atoms with Crippen molar-refractivity contribution < 1.29 is 0 Å². The van der Waals surface area contributed by atoms with E-state index >= 15 is 0 Å². The maximum absolute atomic E-state index is 5.39. The highest BCUT2D eigenvalue weighted by molar-refractivity contribution is 6.11. The lowest BCUT2D eigenvalue weighted by molar-refractivity contribution is 1.14. The highest BCUT2D eigenvalue weighted by Crippen LogP contribution is 2.49. The first-order valence-electron chi connectivity index (χ1n) is 17.8. The molecule has 2 aliphatic rings. The van der Waals surface area contributed by atoms with Crippen LogP contribution in [-0.4, -0.2) is 19.5 Å². The molecular weight excluding hydrogens is 633 g/mol. The van der Waals surface area contributed by atoms with Gasteiger partial charge in [0.2, 0.25) is 0 Å². The number of para-hydroxylation sites is 1. The van der Waals surface area contributed by atoms with Crippen molar-refractivity contribution in [1.29, 1.82) is 0 Å². The fourth-order valence-corrected chi connectivity index (χ4v) is 7.72. The summed E-state index contributed by atoms with van der Waals surface area (Å²) in [5.74, 6) is 0. The molecule has 0 atom stereocenters. The van der Waals surface area contributed by atoms with Crippen LogP contribution in [0.1, 0.15) is 45.0 Å². The summed E-state index contributed by atoms with van der Waals surface area (Å²) < 4.78 is 2.49. The third-order valence-corrected chi connectivity index (χ3v) is 10.3. The molecular formula is C48H38N4. The van der Waals surface area contributed by atoms with Gasteiger partial charge in [-0.25, -0.2) is 9.97 Å². The summed E-state index contributed by atoms with van der Waals surface area (Å²) >= 11 is 0. The van der Waals surface area contributed by atoms with Crippen molar-refractivity contribution in [3.63, 3.8) is 0 Å². The highest BCUT2D eigenvalue weighted by Gasteiger charge is 2.27. The van der Waals surface area contributed by atoms with E-state index in [9.17, 15) is 0 Å². The van der Waals surface area contributed by atoms with E-state index in [4.69, 9.17) is 9.97 Å². The summed E-state index contributed by atoms with van der Waals surface area (Å²) in [6.07, 6.45) is 8.53. The average molecular weight is 671 g/mol. The second-order valence-corrected chi connectivity index (χ2v) is 13.8. The predicted molar refractivity (Wildman–Crippen MR) is 219 cm³/mol. The molecule has 0 saturated heterocycles. The number of fused-ring (bicyclic) bond motifs is 8. The quantitative estimate of drug-likeness (QED) is 0.203. The zero-order valence-electron chi connectivity index (χ0n) is 29.8. The van der Waals surface area contributed by atoms with Crippen LogP contribution in [0.4, 0.5) is 0 Å². The van der Waals surface area contributed by atoms with Crippen LogP contribution in [0.2, 0.25) is 0 Å². The number of benzene rings is 4. The molecule has 250 valence electrons. The number of aryl methyl sites for hydroxylation is 4. The Kier molecular flexibility index (Phi) is 7.66. The fraction of sp³-hybridized carbons (Fsp3) is 0.0833. The van der Waals surface area contributed by atoms with Gasteiger partial charge in [-0.15, -0.1) is 0 Å². The summed E-state index contributed by atoms with van der Waals surface area (Å²) in [6.45, 7) is 8.84. The minimum absolute atomic E-state index is 0.896. The second-order valence-electron chi connectivity index (χ2n) is 13.8. The highest BCUT2D eigenvalue weighted by atomic mass is 15.0. The van der Waals surface area contributed by atoms with Gasteiger partial charge in [-0.1, -0.05) is 91.0 Å². The molecule has 0 unspecified atom stereocenters. The van der Waals surface area contributed by atoms with E-state index in [0.29, 0.717) is 0 Å². The Morgan fingerprint density at radius 3 is 1.52 bits per heavy atom. The normalized spacial score (nSPS) is 12.1. The van der Waals surface area contributed by atoms with E-state index in [-0.39, 0.29) is 0 Å². The summed E-state index contributed by atoms with van der Waals surface area (Å²) in [7, 11) is 0. The lowest BCUT2D eigenvalue weighted by atomic mass is 9.89. The molecule has 1 N–H and O–H groups in total. The van der Waals surface area contributed by atoms with Gasteiger partial charge in [0, 0.05) is 33.4 Å². The van der Waals surface area contributed by atoms with Gasteiger partial charge in [-0.3, -0.25) is 0 Å². The Balaban J connectivity index is 1.66. The summed E-state index contributed by atoms with van der Waals surface area (Å²) in [5, 5.41) is 0. The van der Waals surface area contributed by atoms with Crippen molar-refractivity contribution in [2.45, 2.75) is 27.7 Å². The maximum Gasteiger partial charge on any atom is 0.0737 e. The first kappa shape index (κ1) is 31.5. The molecule has 4 aromatic carbocycles. The number of H-pyrrole nitrogens is 1. The standard InChI is InChI=1S/C48H38N4/c1-30-13-5-9-17-39(30)45-42-26-25-37(51-42)28-36-22-21-34(49-36)27-35-23-24-38(50-35)29-44-46(40-18-10-6-14-31(40)2)47(41-19-11-7-15-32(41)3)48(45)52(44)43-20-12-8-16-33(43)4/h5-29,49H,1-4H3. The van der Waals surface area contributed by atoms with Crippen LogP contribution in [0.15, 0.2) is 127 Å². The maximum atomic E-state index is 5.39. The number of hydrogen-bond donors (Lipinski definition) is 1. The first-order chi connectivity index (χ1) is 25.4. The van der Waals surface area contributed by atoms with E-state index in [2.05, 4.69) is 189 Å². The van der Waals surface area contributed by atoms with E-state index in [0.717, 1.165) is 61.7 Å². The van der Waals surface area contributed by atoms with Crippen LogP contribution >= 0.6 is 0 Å². The third-order valence-electron chi connectivity index (χ3n) is 10.3. The molecule has 3 aromatic heterocycles. The van der Waals surface area contributed by atoms with Crippen molar-refractivity contribution in [1.82, 2.24) is 19.5 Å². The van der Waals surface area contributed by atoms with Crippen LogP contribution in [0.5, 0.6) is 0 Å². The number of rotatable bonds is 4. The average Bonchev–Trinajstić information content (AvgIpc) is 3.95. The minimum atomic E-state index is 0.896. The Hall–Kier alpha value is -6.52. The van der Waals surface area contributed by atoms with Gasteiger partial charge in [-0.05, 0) is 127 Å². The van der Waals surface area contributed by atoms with Crippen molar-refractivity contribution >= 4 is 46.4 Å². The second kappa shape index (κ2) is 12.7. The Labute approximate surface area is 304 Å². The van der Waals surface area contributed by atoms with Crippen molar-refractivity contribution in [2.75, 3.05) is 0 Å². The van der Waals surface area contributed by atoms with Gasteiger partial charge in [0.05, 0.1) is 33.8 Å². The zero-order valence-corrected chi connectivity index (χ0v) is 29.8. The van der Waals surface area contributed by atoms with Crippen LogP contribution in [-0.2, 0) is 0 Å². The minimum Gasteiger partial charge on any atom is -0.355 e. The topological polar surface area (TPSA) is 46.5 Å². The molecule has 2 aliphatic heterocycles. The molecule has 52 heavy (non-hydrogen) atoms. The number of nitrogens with one attached hydrogen (secondary N) is 1. The Bertz CT molecular complexity index is 2790. The molecule has 0 fully saturated rings. The number of nitrogens with zero attached hydrogens (tertiary/aromatic N) is 3. The van der Waals surface area contributed by atoms with E-state index in [1.54, 1.807) is 0 Å². The third kappa shape index (κ3) is 5.41. The monoisotopic (exact) mass is 670 g/mol. The van der Waals surface area contributed by atoms with Gasteiger partial charge in [-0.2, -0.15) is 0 Å². The van der Waals surface area contributed by atoms with E-state index < -0.39 is 0 Å². The molecule has 5 heterocycles. The van der Waals surface area contributed by atoms with Gasteiger partial charge in [0.15, 0.2) is 0 Å². The summed E-state index contributed by atoms with van der Waals surface area (Å²) in [4.78, 5) is 14.1. The lowest BCUT2D eigenvalue weighted by Crippen LogP contribution is -2.00. The van der Waals surface area contributed by atoms with E-state index in [1.165, 1.54) is 44.5 Å². The molecule has 7 aromatic rings. The van der Waals surface area contributed by atoms with Gasteiger partial charge in [0.1, 0.15) is 0 Å². The molecule has 0 aliphatic carbocycles. The lowest BCUT2D eigenvalue weighted by Gasteiger charge is -2.16. The zero-order chi connectivity index (χ0) is 35.3. The van der Waals surface area contributed by atoms with Gasteiger partial charge in [0.25, 0.3) is 0 Å². The number of aromatic nitrogens is 4. The van der Waals surface area contributed by atoms with Crippen molar-refractivity contribution in [3.8, 4) is 39.1 Å². The molecule has 4 heteroatoms. The number of hydrogen-bond acceptors (Lipinski definition) is 2. The molecule has 0 amide bonds. The summed E-state index contributed by atoms with van der Waals surface area (Å²) in [6, 6.07) is 45.6. The Morgan fingerprint density at radius 2 is 0.923 bits per heavy atom. The molecule has 4 nitrogen and oxygen atoms in total. The van der Waals surface area contributed by atoms with Crippen LogP contribution in [0.25, 0.3) is 85.4 Å².